The summed E-state index contributed by atoms with van der Waals surface area (Å²) in [7, 11) is 0. The molecule has 2 saturated heterocycles. The first-order valence-electron chi connectivity index (χ1n) is 13.8. The summed E-state index contributed by atoms with van der Waals surface area (Å²) in [4.78, 5) is 28.5. The van der Waals surface area contributed by atoms with E-state index in [1.165, 1.54) is 12.1 Å². The summed E-state index contributed by atoms with van der Waals surface area (Å²) in [5.74, 6) is -0.321. The van der Waals surface area contributed by atoms with Crippen LogP contribution in [-0.4, -0.2) is 71.1 Å². The van der Waals surface area contributed by atoms with Crippen LogP contribution < -0.4 is 5.32 Å². The van der Waals surface area contributed by atoms with E-state index in [0.29, 0.717) is 19.5 Å². The van der Waals surface area contributed by atoms with E-state index >= 15 is 0 Å². The van der Waals surface area contributed by atoms with E-state index < -0.39 is 0 Å². The smallest absolute Gasteiger partial charge is 0.227 e. The highest BCUT2D eigenvalue weighted by molar-refractivity contribution is 5.84. The molecule has 2 fully saturated rings. The lowest BCUT2D eigenvalue weighted by Crippen LogP contribution is -2.55. The highest BCUT2D eigenvalue weighted by Crippen LogP contribution is 2.23. The van der Waals surface area contributed by atoms with Crippen molar-refractivity contribution in [1.82, 2.24) is 20.1 Å². The zero-order chi connectivity index (χ0) is 27.8. The molecule has 2 aliphatic rings. The van der Waals surface area contributed by atoms with E-state index in [4.69, 9.17) is 5.10 Å². The predicted molar refractivity (Wildman–Crippen MR) is 152 cm³/mol. The van der Waals surface area contributed by atoms with Gasteiger partial charge in [0, 0.05) is 58.0 Å². The van der Waals surface area contributed by atoms with Crippen LogP contribution in [-0.2, 0) is 16.0 Å². The lowest BCUT2D eigenvalue weighted by molar-refractivity contribution is -0.141. The number of rotatable bonds is 11. The van der Waals surface area contributed by atoms with E-state index in [2.05, 4.69) is 28.9 Å². The highest BCUT2D eigenvalue weighted by atomic mass is 19.1. The second-order valence-corrected chi connectivity index (χ2v) is 10.7. The van der Waals surface area contributed by atoms with Crippen LogP contribution in [0.1, 0.15) is 50.3 Å². The monoisotopic (exact) mass is 533 g/mol. The van der Waals surface area contributed by atoms with E-state index in [0.717, 1.165) is 55.7 Å². The first-order valence-corrected chi connectivity index (χ1v) is 13.8. The second-order valence-electron chi connectivity index (χ2n) is 10.7. The molecule has 4 rings (SSSR count). The fourth-order valence-electron chi connectivity index (χ4n) is 5.32. The highest BCUT2D eigenvalue weighted by Gasteiger charge is 2.35. The largest absolute Gasteiger partial charge is 0.349 e. The Morgan fingerprint density at radius 2 is 1.77 bits per heavy atom. The van der Waals surface area contributed by atoms with Gasteiger partial charge in [-0.3, -0.25) is 14.6 Å². The minimum Gasteiger partial charge on any atom is -0.349 e. The SMILES string of the molecule is C=CN(/N=C(\C)Cc1ccc(F)cc1)C1CCN(CCC(NC(=O)C2CN(C(C)=O)C2)c2ccccc2)CC1. The molecule has 1 N–H and O–H groups in total. The molecule has 0 aromatic heterocycles. The Balaban J connectivity index is 1.27. The minimum absolute atomic E-state index is 0.0193. The number of piperidine rings is 1. The van der Waals surface area contributed by atoms with Crippen molar-refractivity contribution in [2.24, 2.45) is 11.0 Å². The second kappa shape index (κ2) is 13.5. The van der Waals surface area contributed by atoms with Crippen LogP contribution >= 0.6 is 0 Å². The van der Waals surface area contributed by atoms with Crippen LogP contribution in [0.25, 0.3) is 0 Å². The molecule has 2 aromatic carbocycles. The Kier molecular flexibility index (Phi) is 9.87. The maximum atomic E-state index is 13.2. The topological polar surface area (TPSA) is 68.2 Å². The predicted octanol–water partition coefficient (Wildman–Crippen LogP) is 4.38. The number of carbonyl (C=O) groups excluding carboxylic acids is 2. The minimum atomic E-state index is -0.232. The lowest BCUT2D eigenvalue weighted by atomic mass is 9.96. The van der Waals surface area contributed by atoms with Gasteiger partial charge in [0.1, 0.15) is 5.82 Å². The molecule has 0 bridgehead atoms. The number of nitrogens with zero attached hydrogens (tertiary/aromatic N) is 4. The maximum Gasteiger partial charge on any atom is 0.227 e. The van der Waals surface area contributed by atoms with Crippen molar-refractivity contribution in [3.8, 4) is 0 Å². The normalized spacial score (nSPS) is 17.8. The third-order valence-corrected chi connectivity index (χ3v) is 7.73. The molecule has 208 valence electrons. The molecule has 2 heterocycles. The van der Waals surface area contributed by atoms with Gasteiger partial charge >= 0.3 is 0 Å². The number of amides is 2. The fourth-order valence-corrected chi connectivity index (χ4v) is 5.32. The summed E-state index contributed by atoms with van der Waals surface area (Å²) < 4.78 is 13.2. The van der Waals surface area contributed by atoms with E-state index in [1.54, 1.807) is 30.2 Å². The molecule has 2 amide bonds. The van der Waals surface area contributed by atoms with Crippen LogP contribution in [0.4, 0.5) is 4.39 Å². The Morgan fingerprint density at radius 1 is 1.10 bits per heavy atom. The van der Waals surface area contributed by atoms with Crippen molar-refractivity contribution < 1.29 is 14.0 Å². The van der Waals surface area contributed by atoms with Crippen molar-refractivity contribution in [3.63, 3.8) is 0 Å². The number of hydrazone groups is 1. The van der Waals surface area contributed by atoms with Crippen molar-refractivity contribution in [2.75, 3.05) is 32.7 Å². The van der Waals surface area contributed by atoms with E-state index in [-0.39, 0.29) is 35.6 Å². The van der Waals surface area contributed by atoms with Crippen molar-refractivity contribution in [3.05, 3.63) is 84.3 Å². The van der Waals surface area contributed by atoms with E-state index in [9.17, 15) is 14.0 Å². The number of nitrogens with one attached hydrogen (secondary N) is 1. The van der Waals surface area contributed by atoms with Gasteiger partial charge in [-0.1, -0.05) is 49.0 Å². The number of likely N-dealkylation sites (tertiary alicyclic amines) is 2. The van der Waals surface area contributed by atoms with Crippen LogP contribution in [0.15, 0.2) is 72.5 Å². The van der Waals surface area contributed by atoms with Crippen LogP contribution in [0.5, 0.6) is 0 Å². The Bertz CT molecular complexity index is 1140. The molecule has 39 heavy (non-hydrogen) atoms. The van der Waals surface area contributed by atoms with Gasteiger partial charge in [0.05, 0.1) is 18.0 Å². The zero-order valence-corrected chi connectivity index (χ0v) is 23.1. The number of hydrogen-bond acceptors (Lipinski definition) is 5. The first-order chi connectivity index (χ1) is 18.8. The molecule has 0 aliphatic carbocycles. The average Bonchev–Trinajstić information content (AvgIpc) is 2.91. The van der Waals surface area contributed by atoms with Crippen molar-refractivity contribution in [2.45, 2.75) is 51.6 Å². The number of carbonyl (C=O) groups is 2. The van der Waals surface area contributed by atoms with Crippen LogP contribution in [0.3, 0.4) is 0 Å². The average molecular weight is 534 g/mol. The number of hydrogen-bond donors (Lipinski definition) is 1. The zero-order valence-electron chi connectivity index (χ0n) is 23.1. The summed E-state index contributed by atoms with van der Waals surface area (Å²) in [5, 5.41) is 10.0. The van der Waals surface area contributed by atoms with Gasteiger partial charge in [-0.05, 0) is 49.4 Å². The molecular weight excluding hydrogens is 493 g/mol. The molecular formula is C31H40FN5O2. The first kappa shape index (κ1) is 28.5. The standard InChI is InChI=1S/C31H40FN5O2/c1-4-37(34-23(2)20-25-10-12-28(32)13-11-25)29-14-17-35(18-15-29)19-16-30(26-8-6-5-7-9-26)33-31(39)27-21-36(22-27)24(3)38/h4-13,27,29-30H,1,14-22H2,2-3H3,(H,33,39)/b34-23+. The molecule has 8 heteroatoms. The maximum absolute atomic E-state index is 13.2. The molecule has 1 atom stereocenters. The molecule has 0 radical (unpaired) electrons. The Labute approximate surface area is 231 Å². The van der Waals surface area contributed by atoms with Crippen LogP contribution in [0, 0.1) is 11.7 Å². The van der Waals surface area contributed by atoms with Gasteiger partial charge in [0.25, 0.3) is 0 Å². The van der Waals surface area contributed by atoms with Gasteiger partial charge < -0.3 is 15.1 Å². The molecule has 1 unspecified atom stereocenters. The molecule has 2 aliphatic heterocycles. The molecule has 0 saturated carbocycles. The van der Waals surface area contributed by atoms with Gasteiger partial charge in [0.15, 0.2) is 0 Å². The van der Waals surface area contributed by atoms with Crippen molar-refractivity contribution in [1.29, 1.82) is 0 Å². The van der Waals surface area contributed by atoms with Gasteiger partial charge in [-0.25, -0.2) is 4.39 Å². The molecule has 0 spiro atoms. The summed E-state index contributed by atoms with van der Waals surface area (Å²) in [6, 6.07) is 16.9. The molecule has 7 nitrogen and oxygen atoms in total. The van der Waals surface area contributed by atoms with Gasteiger partial charge in [-0.2, -0.15) is 5.10 Å². The summed E-state index contributed by atoms with van der Waals surface area (Å²) in [6.45, 7) is 11.3. The molecule has 2 aromatic rings. The lowest BCUT2D eigenvalue weighted by Gasteiger charge is -2.39. The third-order valence-electron chi connectivity index (χ3n) is 7.73. The summed E-state index contributed by atoms with van der Waals surface area (Å²) >= 11 is 0. The fraction of sp³-hybridized carbons (Fsp3) is 0.452. The number of benzene rings is 2. The Hall–Kier alpha value is -3.52. The Morgan fingerprint density at radius 3 is 2.38 bits per heavy atom. The summed E-state index contributed by atoms with van der Waals surface area (Å²) in [5.41, 5.74) is 3.10. The van der Waals surface area contributed by atoms with Crippen molar-refractivity contribution >= 4 is 17.5 Å². The van der Waals surface area contributed by atoms with Gasteiger partial charge in [-0.15, -0.1) is 0 Å². The van der Waals surface area contributed by atoms with Crippen LogP contribution in [0.2, 0.25) is 0 Å². The van der Waals surface area contributed by atoms with E-state index in [1.807, 2.05) is 30.1 Å². The van der Waals surface area contributed by atoms with Gasteiger partial charge in [0.2, 0.25) is 11.8 Å². The number of halogens is 1. The third kappa shape index (κ3) is 7.99. The summed E-state index contributed by atoms with van der Waals surface area (Å²) in [6.07, 6.45) is 5.24. The quantitative estimate of drug-likeness (QED) is 0.344.